The number of rotatable bonds is 12. The zero-order valence-electron chi connectivity index (χ0n) is 32.4. The fourth-order valence-corrected chi connectivity index (χ4v) is 9.64. The number of nitrogens with zero attached hydrogens (tertiary/aromatic N) is 1. The van der Waals surface area contributed by atoms with E-state index in [0.29, 0.717) is 59.7 Å². The van der Waals surface area contributed by atoms with Crippen molar-refractivity contribution in [3.8, 4) is 5.75 Å². The largest absolute Gasteiger partial charge is 0.415 e. The van der Waals surface area contributed by atoms with Crippen LogP contribution in [0, 0.1) is 28.6 Å². The van der Waals surface area contributed by atoms with Crippen LogP contribution < -0.4 is 10.1 Å². The van der Waals surface area contributed by atoms with E-state index in [2.05, 4.69) is 64.7 Å². The van der Waals surface area contributed by atoms with Gasteiger partial charge in [0, 0.05) is 19.1 Å². The lowest BCUT2D eigenvalue weighted by Gasteiger charge is -2.54. The Labute approximate surface area is 318 Å². The van der Waals surface area contributed by atoms with Crippen LogP contribution in [0.25, 0.3) is 0 Å². The number of aliphatic hydroxyl groups is 1. The third-order valence-electron chi connectivity index (χ3n) is 12.5. The van der Waals surface area contributed by atoms with Gasteiger partial charge < -0.3 is 24.8 Å². The van der Waals surface area contributed by atoms with E-state index in [1.807, 2.05) is 11.0 Å². The molecule has 2 N–H and O–H groups in total. The quantitative estimate of drug-likeness (QED) is 0.154. The number of alkyl halides is 1. The van der Waals surface area contributed by atoms with Crippen molar-refractivity contribution in [3.63, 3.8) is 0 Å². The Morgan fingerprint density at radius 1 is 1.10 bits per heavy atom. The van der Waals surface area contributed by atoms with Crippen molar-refractivity contribution in [3.05, 3.63) is 29.3 Å². The highest BCUT2D eigenvalue weighted by Gasteiger charge is 2.57. The van der Waals surface area contributed by atoms with E-state index in [4.69, 9.17) is 33.0 Å². The van der Waals surface area contributed by atoms with Gasteiger partial charge in [0.25, 0.3) is 0 Å². The maximum absolute atomic E-state index is 13.3. The van der Waals surface area contributed by atoms with Crippen LogP contribution in [-0.2, 0) is 11.2 Å². The number of piperidine rings is 1. The lowest BCUT2D eigenvalue weighted by molar-refractivity contribution is -0.0800. The molecule has 1 heterocycles. The number of ether oxygens (including phenoxy) is 2. The first-order valence-corrected chi connectivity index (χ1v) is 20.3. The Balaban J connectivity index is 0.000000459. The van der Waals surface area contributed by atoms with E-state index in [9.17, 15) is 14.3 Å². The van der Waals surface area contributed by atoms with E-state index >= 15 is 0 Å². The Kier molecular flexibility index (Phi) is 15.0. The summed E-state index contributed by atoms with van der Waals surface area (Å²) in [6.07, 6.45) is 11.0. The average molecular weight is 720 g/mol. The van der Waals surface area contributed by atoms with Crippen LogP contribution >= 0.6 is 12.6 Å². The van der Waals surface area contributed by atoms with Gasteiger partial charge in [-0.2, -0.15) is 12.6 Å². The van der Waals surface area contributed by atoms with E-state index in [1.54, 1.807) is 0 Å². The summed E-state index contributed by atoms with van der Waals surface area (Å²) < 4.78 is 25.5. The molecule has 6 radical (unpaired) electrons. The number of nitrogens with one attached hydrogen (secondary N) is 1. The van der Waals surface area contributed by atoms with Crippen LogP contribution in [-0.4, -0.2) is 96.0 Å². The molecule has 1 aromatic rings. The molecule has 6 unspecified atom stereocenters. The molecule has 7 atom stereocenters. The van der Waals surface area contributed by atoms with E-state index in [-0.39, 0.29) is 30.6 Å². The molecule has 1 saturated heterocycles. The van der Waals surface area contributed by atoms with Crippen LogP contribution in [0.5, 0.6) is 5.75 Å². The summed E-state index contributed by atoms with van der Waals surface area (Å²) in [5, 5.41) is 11.4. The third-order valence-corrected chi connectivity index (χ3v) is 12.8. The minimum absolute atomic E-state index is 0.103. The van der Waals surface area contributed by atoms with Gasteiger partial charge in [-0.05, 0) is 141 Å². The fourth-order valence-electron chi connectivity index (χ4n) is 9.48. The number of carbonyl (C=O) groups is 1. The smallest absolute Gasteiger partial charge is 0.410 e. The highest BCUT2D eigenvalue weighted by atomic mass is 32.1. The van der Waals surface area contributed by atoms with Crippen molar-refractivity contribution in [1.82, 2.24) is 10.2 Å². The number of aliphatic hydroxyl groups excluding tert-OH is 1. The van der Waals surface area contributed by atoms with Gasteiger partial charge in [-0.3, -0.25) is 4.39 Å². The third kappa shape index (κ3) is 10.8. The van der Waals surface area contributed by atoms with E-state index < -0.39 is 10.8 Å². The molecule has 1 aliphatic heterocycles. The summed E-state index contributed by atoms with van der Waals surface area (Å²) in [5.74, 6) is 3.81. The number of fused-ring (bicyclic) bond motifs is 5. The molecule has 0 spiro atoms. The van der Waals surface area contributed by atoms with Crippen LogP contribution in [0.15, 0.2) is 18.2 Å². The maximum atomic E-state index is 13.3. The van der Waals surface area contributed by atoms with Crippen molar-refractivity contribution < 1.29 is 23.8 Å². The lowest BCUT2D eigenvalue weighted by atomic mass is 9.42. The number of hydrogen-bond acceptors (Lipinski definition) is 6. The monoisotopic (exact) mass is 720 g/mol. The molecule has 0 aromatic heterocycles. The molecule has 5 rings (SSSR count). The summed E-state index contributed by atoms with van der Waals surface area (Å²) in [6, 6.07) is 7.02. The minimum Gasteiger partial charge on any atom is -0.410 e. The maximum Gasteiger partial charge on any atom is 0.415 e. The van der Waals surface area contributed by atoms with Crippen LogP contribution in [0.1, 0.15) is 123 Å². The summed E-state index contributed by atoms with van der Waals surface area (Å²) in [4.78, 5) is 14.9. The SMILES string of the molecule is CCNC1CCN(C(=O)Oc2ccc3c(c2)C[C@@H](CCC(C)(C)C)C2C3CCC3(C)C(OCCO)CCC23)CC1.[B]C([B])(C)C([B])(F)CCCS. The first-order chi connectivity index (χ1) is 23.9. The zero-order chi connectivity index (χ0) is 37.6. The first-order valence-electron chi connectivity index (χ1n) is 19.7. The second-order valence-electron chi connectivity index (χ2n) is 17.6. The molecule has 11 heteroatoms. The van der Waals surface area contributed by atoms with Gasteiger partial charge in [0.2, 0.25) is 0 Å². The molecule has 1 amide bonds. The standard InChI is InChI=1S/C34H54N2O4.C6H10B3FS/c1-6-35-25-13-17-36(18-14-25)32(38)40-26-7-8-27-24(22-26)21-23(11-15-33(2,3)4)31-28(27)12-16-34(5)29(31)9-10-30(34)39-20-19-37;1-5(7,8)6(9,10)3-2-4-11/h7-8,22-23,25,28-31,35,37H,6,9-21H2,1-5H3;11H,2-4H2,1H3/t23-,28?,29?,30?,31?,34?;/m1./s1. The number of benzene rings is 1. The first kappa shape index (κ1) is 42.6. The van der Waals surface area contributed by atoms with Crippen molar-refractivity contribution in [1.29, 1.82) is 0 Å². The predicted octanol–water partition coefficient (Wildman–Crippen LogP) is 7.55. The van der Waals surface area contributed by atoms with Crippen LogP contribution in [0.3, 0.4) is 0 Å². The second kappa shape index (κ2) is 18.0. The van der Waals surface area contributed by atoms with Gasteiger partial charge in [-0.15, -0.1) is 0 Å². The van der Waals surface area contributed by atoms with Gasteiger partial charge in [0.1, 0.15) is 13.6 Å². The summed E-state index contributed by atoms with van der Waals surface area (Å²) in [5.41, 5.74) is 1.39. The van der Waals surface area contributed by atoms with Gasteiger partial charge in [0.05, 0.1) is 40.6 Å². The number of amides is 1. The zero-order valence-corrected chi connectivity index (χ0v) is 33.3. The topological polar surface area (TPSA) is 71.0 Å². The van der Waals surface area contributed by atoms with Crippen molar-refractivity contribution >= 4 is 42.3 Å². The molecule has 4 aliphatic rings. The second-order valence-corrected chi connectivity index (χ2v) is 18.0. The minimum atomic E-state index is -2.00. The molecule has 280 valence electrons. The van der Waals surface area contributed by atoms with Crippen LogP contribution in [0.2, 0.25) is 5.21 Å². The van der Waals surface area contributed by atoms with Crippen LogP contribution in [0.4, 0.5) is 9.18 Å². The highest BCUT2D eigenvalue weighted by molar-refractivity contribution is 7.80. The Morgan fingerprint density at radius 3 is 2.41 bits per heavy atom. The summed E-state index contributed by atoms with van der Waals surface area (Å²) in [6.45, 7) is 16.1. The Bertz CT molecular complexity index is 1270. The normalized spacial score (nSPS) is 29.2. The number of halogens is 1. The molecule has 1 aromatic carbocycles. The average Bonchev–Trinajstić information content (AvgIpc) is 3.40. The predicted molar refractivity (Wildman–Crippen MR) is 212 cm³/mol. The van der Waals surface area contributed by atoms with Crippen molar-refractivity contribution in [2.24, 2.45) is 28.6 Å². The number of carbonyl (C=O) groups excluding carboxylic acids is 1. The molecule has 3 aliphatic carbocycles. The number of hydrogen-bond donors (Lipinski definition) is 3. The van der Waals surface area contributed by atoms with Crippen molar-refractivity contribution in [2.45, 2.75) is 141 Å². The number of thiol groups is 1. The molecule has 0 bridgehead atoms. The number of likely N-dealkylation sites (tertiary alicyclic amines) is 1. The summed E-state index contributed by atoms with van der Waals surface area (Å²) in [7, 11) is 15.8. The summed E-state index contributed by atoms with van der Waals surface area (Å²) >= 11 is 3.92. The molecular weight excluding hydrogens is 656 g/mol. The lowest BCUT2D eigenvalue weighted by Crippen LogP contribution is -2.48. The van der Waals surface area contributed by atoms with E-state index in [1.165, 1.54) is 50.2 Å². The molecule has 3 fully saturated rings. The molecule has 51 heavy (non-hydrogen) atoms. The van der Waals surface area contributed by atoms with Gasteiger partial charge in [-0.25, -0.2) is 4.79 Å². The van der Waals surface area contributed by atoms with E-state index in [0.717, 1.165) is 45.3 Å². The van der Waals surface area contributed by atoms with Crippen molar-refractivity contribution in [2.75, 3.05) is 38.6 Å². The molecular formula is C40H64B3FN2O4S. The fraction of sp³-hybridized carbons (Fsp3) is 0.825. The Morgan fingerprint density at radius 2 is 1.80 bits per heavy atom. The molecule has 2 saturated carbocycles. The van der Waals surface area contributed by atoms with Gasteiger partial charge in [0.15, 0.2) is 0 Å². The Hall–Kier alpha value is -1.16. The molecule has 6 nitrogen and oxygen atoms in total. The van der Waals surface area contributed by atoms with Gasteiger partial charge >= 0.3 is 6.09 Å². The van der Waals surface area contributed by atoms with Gasteiger partial charge in [-0.1, -0.05) is 52.8 Å². The highest BCUT2D eigenvalue weighted by Crippen LogP contribution is 2.63.